The third-order valence-corrected chi connectivity index (χ3v) is 9.76. The molecule has 0 N–H and O–H groups in total. The molecule has 0 aromatic rings. The SMILES string of the molecule is CCN(CC)CCN(CC)CCN(CC)CC.CCN(CC)CCN(CC)CCN(CCN(CC)CC)CCN(CC)CC. The first-order chi connectivity index (χ1) is 21.3. The molecule has 0 saturated carbocycles. The molecule has 0 unspecified atom stereocenters. The van der Waals surface area contributed by atoms with Crippen molar-refractivity contribution in [3.8, 4) is 0 Å². The predicted molar refractivity (Wildman–Crippen MR) is 200 cm³/mol. The van der Waals surface area contributed by atoms with Gasteiger partial charge in [-0.25, -0.2) is 0 Å². The van der Waals surface area contributed by atoms with Crippen LogP contribution in [0.3, 0.4) is 0 Å². The van der Waals surface area contributed by atoms with Gasteiger partial charge in [0, 0.05) is 78.5 Å². The molecule has 0 rings (SSSR count). The highest BCUT2D eigenvalue weighted by Gasteiger charge is 2.12. The Labute approximate surface area is 279 Å². The van der Waals surface area contributed by atoms with E-state index in [1.54, 1.807) is 0 Å². The normalized spacial score (nSPS) is 12.3. The van der Waals surface area contributed by atoms with E-state index < -0.39 is 0 Å². The molecule has 0 spiro atoms. The van der Waals surface area contributed by atoms with E-state index in [9.17, 15) is 0 Å². The van der Waals surface area contributed by atoms with Crippen LogP contribution in [0.2, 0.25) is 0 Å². The van der Waals surface area contributed by atoms with Crippen LogP contribution in [0.5, 0.6) is 0 Å². The summed E-state index contributed by atoms with van der Waals surface area (Å²) in [6.45, 7) is 55.5. The molecule has 0 bridgehead atoms. The summed E-state index contributed by atoms with van der Waals surface area (Å²) in [6.07, 6.45) is 0. The summed E-state index contributed by atoms with van der Waals surface area (Å²) < 4.78 is 0. The molecule has 0 aliphatic rings. The zero-order valence-corrected chi connectivity index (χ0v) is 32.5. The van der Waals surface area contributed by atoms with E-state index in [0.29, 0.717) is 0 Å². The number of hydrogen-bond acceptors (Lipinski definition) is 8. The molecule has 0 aliphatic carbocycles. The lowest BCUT2D eigenvalue weighted by Crippen LogP contribution is -2.44. The van der Waals surface area contributed by atoms with E-state index in [0.717, 1.165) is 45.8 Å². The summed E-state index contributed by atoms with van der Waals surface area (Å²) in [5, 5.41) is 0. The number of hydrogen-bond donors (Lipinski definition) is 0. The van der Waals surface area contributed by atoms with E-state index in [2.05, 4.69) is 122 Å². The summed E-state index contributed by atoms with van der Waals surface area (Å²) >= 11 is 0. The largest absolute Gasteiger partial charge is 0.303 e. The summed E-state index contributed by atoms with van der Waals surface area (Å²) in [7, 11) is 0. The molecule has 44 heavy (non-hydrogen) atoms. The van der Waals surface area contributed by atoms with Crippen molar-refractivity contribution in [2.24, 2.45) is 0 Å². The van der Waals surface area contributed by atoms with Gasteiger partial charge in [-0.2, -0.15) is 0 Å². The van der Waals surface area contributed by atoms with Crippen LogP contribution in [0.25, 0.3) is 0 Å². The number of nitrogens with zero attached hydrogens (tertiary/aromatic N) is 8. The first-order valence-electron chi connectivity index (χ1n) is 19.1. The van der Waals surface area contributed by atoms with E-state index in [4.69, 9.17) is 0 Å². The van der Waals surface area contributed by atoms with Crippen molar-refractivity contribution >= 4 is 0 Å². The molecule has 0 fully saturated rings. The van der Waals surface area contributed by atoms with Crippen LogP contribution in [0.4, 0.5) is 0 Å². The molecule has 8 heteroatoms. The van der Waals surface area contributed by atoms with Gasteiger partial charge in [-0.15, -0.1) is 0 Å². The Morgan fingerprint density at radius 2 is 0.273 bits per heavy atom. The molecular formula is C36H84N8. The topological polar surface area (TPSA) is 25.9 Å². The Morgan fingerprint density at radius 3 is 0.409 bits per heavy atom. The minimum absolute atomic E-state index is 1.15. The highest BCUT2D eigenvalue weighted by Crippen LogP contribution is 1.99. The molecular weight excluding hydrogens is 544 g/mol. The van der Waals surface area contributed by atoms with Crippen LogP contribution in [0.15, 0.2) is 0 Å². The Balaban J connectivity index is 0. The number of rotatable bonds is 30. The molecule has 0 heterocycles. The van der Waals surface area contributed by atoms with Crippen LogP contribution >= 0.6 is 0 Å². The third-order valence-electron chi connectivity index (χ3n) is 9.76. The van der Waals surface area contributed by atoms with Crippen molar-refractivity contribution in [3.63, 3.8) is 0 Å². The lowest BCUT2D eigenvalue weighted by Gasteiger charge is -2.31. The van der Waals surface area contributed by atoms with Gasteiger partial charge in [-0.1, -0.05) is 83.1 Å². The minimum Gasteiger partial charge on any atom is -0.303 e. The average molecular weight is 629 g/mol. The van der Waals surface area contributed by atoms with Gasteiger partial charge in [0.05, 0.1) is 0 Å². The summed E-state index contributed by atoms with van der Waals surface area (Å²) in [5.74, 6) is 0. The summed E-state index contributed by atoms with van der Waals surface area (Å²) in [6, 6.07) is 0. The van der Waals surface area contributed by atoms with E-state index in [1.807, 2.05) is 0 Å². The maximum atomic E-state index is 2.69. The van der Waals surface area contributed by atoms with E-state index in [1.165, 1.54) is 111 Å². The van der Waals surface area contributed by atoms with Gasteiger partial charge in [0.25, 0.3) is 0 Å². The predicted octanol–water partition coefficient (Wildman–Crippen LogP) is 4.63. The highest BCUT2D eigenvalue weighted by molar-refractivity contribution is 4.69. The van der Waals surface area contributed by atoms with Crippen molar-refractivity contribution in [1.29, 1.82) is 0 Å². The molecule has 0 radical (unpaired) electrons. The first kappa shape index (κ1) is 45.8. The molecule has 0 amide bonds. The van der Waals surface area contributed by atoms with Crippen LogP contribution < -0.4 is 0 Å². The monoisotopic (exact) mass is 629 g/mol. The first-order valence-corrected chi connectivity index (χ1v) is 19.1. The van der Waals surface area contributed by atoms with Gasteiger partial charge in [0.2, 0.25) is 0 Å². The molecule has 0 saturated heterocycles. The molecule has 268 valence electrons. The Bertz CT molecular complexity index is 514. The molecule has 0 atom stereocenters. The maximum absolute atomic E-state index is 2.69. The van der Waals surface area contributed by atoms with E-state index in [-0.39, 0.29) is 0 Å². The number of likely N-dealkylation sites (N-methyl/N-ethyl adjacent to an activating group) is 7. The lowest BCUT2D eigenvalue weighted by atomic mass is 10.3. The second-order valence-corrected chi connectivity index (χ2v) is 11.8. The fourth-order valence-electron chi connectivity index (χ4n) is 5.59. The van der Waals surface area contributed by atoms with Crippen molar-refractivity contribution in [3.05, 3.63) is 0 Å². The highest BCUT2D eigenvalue weighted by atomic mass is 15.3. The Hall–Kier alpha value is -0.320. The van der Waals surface area contributed by atoms with Crippen molar-refractivity contribution in [2.45, 2.75) is 83.1 Å². The standard InChI is InChI=1S/C22H51N5.C14H33N3/c1-8-23(9-2)15-18-26(14-7)19-22-27(20-16-24(10-3)11-4)21-17-25(12-5)13-6;1-6-15(7-2)11-13-17(10-5)14-12-16(8-3)9-4/h8-22H2,1-7H3;6-14H2,1-5H3. The van der Waals surface area contributed by atoms with Crippen molar-refractivity contribution in [2.75, 3.05) is 157 Å². The molecule has 0 aromatic carbocycles. The lowest BCUT2D eigenvalue weighted by molar-refractivity contribution is 0.156. The second-order valence-electron chi connectivity index (χ2n) is 11.8. The van der Waals surface area contributed by atoms with E-state index >= 15 is 0 Å². The van der Waals surface area contributed by atoms with Crippen molar-refractivity contribution in [1.82, 2.24) is 39.2 Å². The third kappa shape index (κ3) is 23.9. The second kappa shape index (κ2) is 32.6. The van der Waals surface area contributed by atoms with Gasteiger partial charge in [-0.05, 0) is 78.5 Å². The molecule has 0 aliphatic heterocycles. The quantitative estimate of drug-likeness (QED) is 0.114. The fraction of sp³-hybridized carbons (Fsp3) is 1.00. The fourth-order valence-corrected chi connectivity index (χ4v) is 5.59. The average Bonchev–Trinajstić information content (AvgIpc) is 3.06. The maximum Gasteiger partial charge on any atom is 0.0110 e. The van der Waals surface area contributed by atoms with Crippen LogP contribution in [0, 0.1) is 0 Å². The van der Waals surface area contributed by atoms with Gasteiger partial charge < -0.3 is 34.3 Å². The zero-order chi connectivity index (χ0) is 33.6. The van der Waals surface area contributed by atoms with Gasteiger partial charge in [-0.3, -0.25) is 4.90 Å². The van der Waals surface area contributed by atoms with Crippen LogP contribution in [-0.2, 0) is 0 Å². The zero-order valence-electron chi connectivity index (χ0n) is 32.5. The van der Waals surface area contributed by atoms with Crippen molar-refractivity contribution < 1.29 is 0 Å². The molecule has 0 aromatic heterocycles. The van der Waals surface area contributed by atoms with Gasteiger partial charge >= 0.3 is 0 Å². The minimum atomic E-state index is 1.15. The summed E-state index contributed by atoms with van der Waals surface area (Å²) in [4.78, 5) is 20.5. The van der Waals surface area contributed by atoms with Gasteiger partial charge in [0.15, 0.2) is 0 Å². The Kier molecular flexibility index (Phi) is 33.9. The molecule has 8 nitrogen and oxygen atoms in total. The Morgan fingerprint density at radius 1 is 0.159 bits per heavy atom. The van der Waals surface area contributed by atoms with Crippen LogP contribution in [0.1, 0.15) is 83.1 Å². The smallest absolute Gasteiger partial charge is 0.0110 e. The van der Waals surface area contributed by atoms with Crippen LogP contribution in [-0.4, -0.2) is 196 Å². The van der Waals surface area contributed by atoms with Gasteiger partial charge in [0.1, 0.15) is 0 Å². The summed E-state index contributed by atoms with van der Waals surface area (Å²) in [5.41, 5.74) is 0.